The molecule has 1 aliphatic rings. The average molecular weight is 344 g/mol. The fourth-order valence-electron chi connectivity index (χ4n) is 3.45. The first-order valence-electron chi connectivity index (χ1n) is 7.91. The van der Waals surface area contributed by atoms with E-state index in [4.69, 9.17) is 0 Å². The fraction of sp³-hybridized carbons (Fsp3) is 0.211. The topological polar surface area (TPSA) is 34.0 Å². The van der Waals surface area contributed by atoms with Gasteiger partial charge in [-0.25, -0.2) is 0 Å². The molecular weight excluding hydrogens is 329 g/mol. The monoisotopic (exact) mass is 344 g/mol. The van der Waals surface area contributed by atoms with Gasteiger partial charge in [0.15, 0.2) is 0 Å². The maximum atomic E-state index is 13.0. The number of benzene rings is 2. The van der Waals surface area contributed by atoms with Crippen molar-refractivity contribution < 1.29 is 18.0 Å². The average Bonchev–Trinajstić information content (AvgIpc) is 2.95. The van der Waals surface area contributed by atoms with Crippen molar-refractivity contribution in [2.45, 2.75) is 19.6 Å². The predicted molar refractivity (Wildman–Crippen MR) is 89.4 cm³/mol. The van der Waals surface area contributed by atoms with Crippen LogP contribution in [0.4, 0.5) is 13.2 Å². The number of hydrogen-bond donors (Lipinski definition) is 1. The minimum Gasteiger partial charge on any atom is -0.304 e. The van der Waals surface area contributed by atoms with Crippen LogP contribution in [-0.2, 0) is 12.7 Å². The number of aryl methyl sites for hydroxylation is 1. The Morgan fingerprint density at radius 2 is 1.92 bits per heavy atom. The molecule has 0 aliphatic carbocycles. The SMILES string of the molecule is Cc1c(-c2cccc(C(F)(F)F)c2)cc2c3c1ccn3C(=O)CNC2. The highest BCUT2D eigenvalue weighted by atomic mass is 19.4. The maximum Gasteiger partial charge on any atom is 0.416 e. The van der Waals surface area contributed by atoms with E-state index in [0.29, 0.717) is 12.1 Å². The molecule has 1 aliphatic heterocycles. The molecule has 0 saturated carbocycles. The molecule has 4 rings (SSSR count). The van der Waals surface area contributed by atoms with Crippen LogP contribution >= 0.6 is 0 Å². The summed E-state index contributed by atoms with van der Waals surface area (Å²) in [6.45, 7) is 2.61. The van der Waals surface area contributed by atoms with Crippen molar-refractivity contribution in [2.75, 3.05) is 6.54 Å². The number of nitrogens with one attached hydrogen (secondary N) is 1. The predicted octanol–water partition coefficient (Wildman–Crippen LogP) is 4.38. The third-order valence-electron chi connectivity index (χ3n) is 4.68. The van der Waals surface area contributed by atoms with E-state index in [9.17, 15) is 18.0 Å². The molecule has 0 bridgehead atoms. The Morgan fingerprint density at radius 1 is 1.12 bits per heavy atom. The van der Waals surface area contributed by atoms with Crippen molar-refractivity contribution in [1.82, 2.24) is 9.88 Å². The number of carbonyl (C=O) groups is 1. The van der Waals surface area contributed by atoms with E-state index in [-0.39, 0.29) is 12.5 Å². The third-order valence-corrected chi connectivity index (χ3v) is 4.68. The smallest absolute Gasteiger partial charge is 0.304 e. The summed E-state index contributed by atoms with van der Waals surface area (Å²) in [5, 5.41) is 3.96. The lowest BCUT2D eigenvalue weighted by Crippen LogP contribution is -2.23. The summed E-state index contributed by atoms with van der Waals surface area (Å²) in [4.78, 5) is 12.1. The minimum atomic E-state index is -4.38. The molecule has 2 aromatic carbocycles. The zero-order valence-corrected chi connectivity index (χ0v) is 13.4. The van der Waals surface area contributed by atoms with Gasteiger partial charge in [0.05, 0.1) is 17.6 Å². The molecule has 3 nitrogen and oxygen atoms in total. The second-order valence-electron chi connectivity index (χ2n) is 6.23. The quantitative estimate of drug-likeness (QED) is 0.711. The van der Waals surface area contributed by atoms with Gasteiger partial charge in [-0.05, 0) is 53.4 Å². The van der Waals surface area contributed by atoms with Crippen LogP contribution in [0.1, 0.15) is 21.5 Å². The van der Waals surface area contributed by atoms with Gasteiger partial charge in [0, 0.05) is 18.1 Å². The van der Waals surface area contributed by atoms with Gasteiger partial charge >= 0.3 is 6.18 Å². The Bertz CT molecular complexity index is 1000. The van der Waals surface area contributed by atoms with Gasteiger partial charge in [-0.15, -0.1) is 0 Å². The molecule has 3 aromatic rings. The molecule has 0 amide bonds. The standard InChI is InChI=1S/C19H15F3N2O/c1-11-15-5-6-24-17(25)10-23-9-13(18(15)24)8-16(11)12-3-2-4-14(7-12)19(20,21)22/h2-8,23H,9-10H2,1H3. The van der Waals surface area contributed by atoms with Crippen molar-refractivity contribution >= 4 is 16.8 Å². The van der Waals surface area contributed by atoms with Crippen LogP contribution in [0.3, 0.4) is 0 Å². The number of aromatic nitrogens is 1. The summed E-state index contributed by atoms with van der Waals surface area (Å²) in [5.41, 5.74) is 3.22. The summed E-state index contributed by atoms with van der Waals surface area (Å²) in [5.74, 6) is -0.0417. The molecule has 1 aromatic heterocycles. The molecule has 2 heterocycles. The molecular formula is C19H15F3N2O. The van der Waals surface area contributed by atoms with E-state index >= 15 is 0 Å². The Hall–Kier alpha value is -2.60. The Kier molecular flexibility index (Phi) is 3.47. The van der Waals surface area contributed by atoms with Gasteiger partial charge in [-0.1, -0.05) is 12.1 Å². The molecule has 0 saturated heterocycles. The zero-order chi connectivity index (χ0) is 17.8. The van der Waals surface area contributed by atoms with E-state index in [1.54, 1.807) is 16.8 Å². The summed E-state index contributed by atoms with van der Waals surface area (Å²) < 4.78 is 40.7. The summed E-state index contributed by atoms with van der Waals surface area (Å²) in [7, 11) is 0. The number of hydrogen-bond acceptors (Lipinski definition) is 2. The second kappa shape index (κ2) is 5.46. The van der Waals surface area contributed by atoms with Crippen LogP contribution in [0.15, 0.2) is 42.6 Å². The van der Waals surface area contributed by atoms with E-state index in [1.807, 2.05) is 19.1 Å². The van der Waals surface area contributed by atoms with Gasteiger partial charge in [0.1, 0.15) is 0 Å². The molecule has 0 spiro atoms. The molecule has 1 N–H and O–H groups in total. The van der Waals surface area contributed by atoms with E-state index in [0.717, 1.165) is 33.7 Å². The third kappa shape index (κ3) is 2.53. The number of carbonyl (C=O) groups excluding carboxylic acids is 1. The lowest BCUT2D eigenvalue weighted by atomic mass is 9.93. The van der Waals surface area contributed by atoms with Gasteiger partial charge in [-0.3, -0.25) is 9.36 Å². The normalized spacial score (nSPS) is 14.8. The first kappa shape index (κ1) is 15.9. The van der Waals surface area contributed by atoms with Crippen molar-refractivity contribution in [2.24, 2.45) is 0 Å². The van der Waals surface area contributed by atoms with E-state index in [2.05, 4.69) is 5.32 Å². The summed E-state index contributed by atoms with van der Waals surface area (Å²) in [6.07, 6.45) is -2.65. The lowest BCUT2D eigenvalue weighted by Gasteiger charge is -2.14. The first-order valence-corrected chi connectivity index (χ1v) is 7.91. The number of halogens is 3. The van der Waals surface area contributed by atoms with Crippen molar-refractivity contribution in [3.8, 4) is 11.1 Å². The molecule has 0 fully saturated rings. The van der Waals surface area contributed by atoms with Crippen LogP contribution in [0.25, 0.3) is 22.0 Å². The molecule has 128 valence electrons. The van der Waals surface area contributed by atoms with Crippen LogP contribution in [0.2, 0.25) is 0 Å². The van der Waals surface area contributed by atoms with Gasteiger partial charge in [-0.2, -0.15) is 13.2 Å². The lowest BCUT2D eigenvalue weighted by molar-refractivity contribution is -0.137. The highest BCUT2D eigenvalue weighted by Gasteiger charge is 2.30. The molecule has 6 heteroatoms. The zero-order valence-electron chi connectivity index (χ0n) is 13.4. The molecule has 0 unspecified atom stereocenters. The molecule has 0 atom stereocenters. The van der Waals surface area contributed by atoms with Crippen molar-refractivity contribution in [3.05, 3.63) is 59.3 Å². The summed E-state index contributed by atoms with van der Waals surface area (Å²) in [6, 6.07) is 9.09. The highest BCUT2D eigenvalue weighted by Crippen LogP contribution is 2.36. The van der Waals surface area contributed by atoms with Crippen LogP contribution in [-0.4, -0.2) is 17.0 Å². The van der Waals surface area contributed by atoms with Gasteiger partial charge in [0.25, 0.3) is 0 Å². The van der Waals surface area contributed by atoms with Gasteiger partial charge < -0.3 is 5.32 Å². The van der Waals surface area contributed by atoms with Gasteiger partial charge in [0.2, 0.25) is 5.91 Å². The number of rotatable bonds is 1. The maximum absolute atomic E-state index is 13.0. The minimum absolute atomic E-state index is 0.0417. The number of nitrogens with zero attached hydrogens (tertiary/aromatic N) is 1. The van der Waals surface area contributed by atoms with Crippen molar-refractivity contribution in [1.29, 1.82) is 0 Å². The fourth-order valence-corrected chi connectivity index (χ4v) is 3.45. The first-order chi connectivity index (χ1) is 11.9. The van der Waals surface area contributed by atoms with Crippen molar-refractivity contribution in [3.63, 3.8) is 0 Å². The Morgan fingerprint density at radius 3 is 2.68 bits per heavy atom. The van der Waals surface area contributed by atoms with E-state index in [1.165, 1.54) is 12.1 Å². The molecule has 0 radical (unpaired) electrons. The second-order valence-corrected chi connectivity index (χ2v) is 6.23. The van der Waals surface area contributed by atoms with Crippen LogP contribution < -0.4 is 5.32 Å². The van der Waals surface area contributed by atoms with E-state index < -0.39 is 11.7 Å². The molecule has 25 heavy (non-hydrogen) atoms. The number of alkyl halides is 3. The Balaban J connectivity index is 1.96. The van der Waals surface area contributed by atoms with Crippen LogP contribution in [0.5, 0.6) is 0 Å². The summed E-state index contributed by atoms with van der Waals surface area (Å²) >= 11 is 0. The van der Waals surface area contributed by atoms with Crippen LogP contribution in [0, 0.1) is 6.92 Å². The Labute approximate surface area is 142 Å². The highest BCUT2D eigenvalue weighted by molar-refractivity contribution is 6.00. The largest absolute Gasteiger partial charge is 0.416 e.